The van der Waals surface area contributed by atoms with Gasteiger partial charge < -0.3 is 10.1 Å². The van der Waals surface area contributed by atoms with E-state index >= 15 is 0 Å². The standard InChI is InChI=1S/C28H24F3N5O2S/c1-18-4-3-5-19(2)26(18)36-25(37)17-39-27(36)35-34-15-20-6-8-21(9-7-20)22(14-32)16-33-23-10-12-24(13-11-23)38-28(29,30)31/h3-16,22,32H,17H2,1-2H3/b32-14?,33-16?,34-15-,35-27+. The molecule has 11 heteroatoms. The molecule has 1 amide bonds. The number of rotatable bonds is 8. The highest BCUT2D eigenvalue weighted by atomic mass is 32.2. The maximum Gasteiger partial charge on any atom is 0.573 e. The number of aryl methyl sites for hydroxylation is 2. The number of thioether (sulfide) groups is 1. The minimum Gasteiger partial charge on any atom is -0.406 e. The Morgan fingerprint density at radius 2 is 1.69 bits per heavy atom. The number of alkyl halides is 3. The van der Waals surface area contributed by atoms with Crippen molar-refractivity contribution >= 4 is 52.9 Å². The summed E-state index contributed by atoms with van der Waals surface area (Å²) < 4.78 is 40.8. The van der Waals surface area contributed by atoms with Gasteiger partial charge in [0, 0.05) is 12.4 Å². The van der Waals surface area contributed by atoms with Crippen molar-refractivity contribution in [3.8, 4) is 5.75 Å². The van der Waals surface area contributed by atoms with Gasteiger partial charge in [-0.05, 0) is 60.4 Å². The van der Waals surface area contributed by atoms with E-state index in [1.54, 1.807) is 11.1 Å². The van der Waals surface area contributed by atoms with Crippen LogP contribution in [0.4, 0.5) is 24.5 Å². The van der Waals surface area contributed by atoms with E-state index in [-0.39, 0.29) is 11.7 Å². The molecule has 39 heavy (non-hydrogen) atoms. The van der Waals surface area contributed by atoms with Crippen molar-refractivity contribution in [3.63, 3.8) is 0 Å². The number of carbonyl (C=O) groups is 1. The van der Waals surface area contributed by atoms with E-state index < -0.39 is 12.3 Å². The fourth-order valence-corrected chi connectivity index (χ4v) is 4.70. The Morgan fingerprint density at radius 3 is 2.31 bits per heavy atom. The number of nitrogens with one attached hydrogen (secondary N) is 1. The Hall–Kier alpha value is -4.25. The minimum absolute atomic E-state index is 0.0411. The zero-order valence-corrected chi connectivity index (χ0v) is 21.8. The van der Waals surface area contributed by atoms with Gasteiger partial charge in [0.2, 0.25) is 5.91 Å². The normalized spacial score (nSPS) is 16.0. The van der Waals surface area contributed by atoms with Crippen LogP contribution in [-0.2, 0) is 4.79 Å². The van der Waals surface area contributed by atoms with Crippen LogP contribution in [0.1, 0.15) is 28.2 Å². The second-order valence-corrected chi connectivity index (χ2v) is 9.51. The molecule has 1 aliphatic heterocycles. The van der Waals surface area contributed by atoms with Gasteiger partial charge in [-0.25, -0.2) is 0 Å². The summed E-state index contributed by atoms with van der Waals surface area (Å²) in [6.45, 7) is 3.91. The molecule has 3 aromatic carbocycles. The van der Waals surface area contributed by atoms with E-state index in [0.717, 1.165) is 27.9 Å². The average molecular weight is 552 g/mol. The smallest absolute Gasteiger partial charge is 0.406 e. The van der Waals surface area contributed by atoms with E-state index in [9.17, 15) is 18.0 Å². The number of hydrogen-bond donors (Lipinski definition) is 1. The topological polar surface area (TPSA) is 90.5 Å². The van der Waals surface area contributed by atoms with E-state index in [2.05, 4.69) is 19.9 Å². The highest BCUT2D eigenvalue weighted by Gasteiger charge is 2.32. The van der Waals surface area contributed by atoms with Gasteiger partial charge in [0.25, 0.3) is 0 Å². The number of aliphatic imine (C=N–C) groups is 1. The molecule has 1 saturated heterocycles. The summed E-state index contributed by atoms with van der Waals surface area (Å²) in [6, 6.07) is 18.3. The third-order valence-electron chi connectivity index (χ3n) is 5.73. The van der Waals surface area contributed by atoms with Crippen LogP contribution in [0.15, 0.2) is 81.9 Å². The molecule has 0 spiro atoms. The van der Waals surface area contributed by atoms with Crippen LogP contribution in [0, 0.1) is 19.3 Å². The summed E-state index contributed by atoms with van der Waals surface area (Å²) in [6.07, 6.45) is -0.412. The third kappa shape index (κ3) is 7.20. The molecule has 3 aromatic rings. The first-order valence-corrected chi connectivity index (χ1v) is 12.8. The molecule has 0 bridgehead atoms. The molecular formula is C28H24F3N5O2S. The number of ether oxygens (including phenoxy) is 1. The maximum absolute atomic E-state index is 12.6. The largest absolute Gasteiger partial charge is 0.573 e. The van der Waals surface area contributed by atoms with Crippen molar-refractivity contribution in [2.45, 2.75) is 26.1 Å². The first-order chi connectivity index (χ1) is 18.6. The molecule has 1 fully saturated rings. The number of nitrogens with zero attached hydrogens (tertiary/aromatic N) is 4. The molecule has 1 unspecified atom stereocenters. The summed E-state index contributed by atoms with van der Waals surface area (Å²) in [5.74, 6) is -0.507. The van der Waals surface area contributed by atoms with Crippen molar-refractivity contribution < 1.29 is 22.7 Å². The second-order valence-electron chi connectivity index (χ2n) is 8.56. The number of amidine groups is 1. The minimum atomic E-state index is -4.75. The molecule has 1 aliphatic rings. The third-order valence-corrected chi connectivity index (χ3v) is 6.65. The maximum atomic E-state index is 12.6. The number of halogens is 3. The molecule has 0 aliphatic carbocycles. The summed E-state index contributed by atoms with van der Waals surface area (Å²) in [5.41, 5.74) is 4.79. The zero-order valence-electron chi connectivity index (χ0n) is 21.0. The lowest BCUT2D eigenvalue weighted by molar-refractivity contribution is -0.274. The average Bonchev–Trinajstić information content (AvgIpc) is 3.25. The van der Waals surface area contributed by atoms with Crippen LogP contribution < -0.4 is 9.64 Å². The number of carbonyl (C=O) groups excluding carboxylic acids is 1. The molecule has 1 atom stereocenters. The molecule has 1 N–H and O–H groups in total. The molecule has 200 valence electrons. The molecule has 0 radical (unpaired) electrons. The fourth-order valence-electron chi connectivity index (χ4n) is 3.89. The molecule has 4 rings (SSSR count). The number of hydrogen-bond acceptors (Lipinski definition) is 7. The van der Waals surface area contributed by atoms with E-state index in [4.69, 9.17) is 5.41 Å². The summed E-state index contributed by atoms with van der Waals surface area (Å²) >= 11 is 1.34. The number of benzene rings is 3. The van der Waals surface area contributed by atoms with Gasteiger partial charge in [0.1, 0.15) is 5.75 Å². The first-order valence-electron chi connectivity index (χ1n) is 11.8. The van der Waals surface area contributed by atoms with Crippen molar-refractivity contribution in [2.24, 2.45) is 15.2 Å². The first kappa shape index (κ1) is 27.8. The Bertz CT molecular complexity index is 1410. The highest BCUT2D eigenvalue weighted by Crippen LogP contribution is 2.32. The lowest BCUT2D eigenvalue weighted by atomic mass is 10.0. The second kappa shape index (κ2) is 12.1. The number of amides is 1. The lowest BCUT2D eigenvalue weighted by Gasteiger charge is -2.20. The van der Waals surface area contributed by atoms with Crippen LogP contribution in [-0.4, -0.2) is 41.8 Å². The Morgan fingerprint density at radius 1 is 1.03 bits per heavy atom. The SMILES string of the molecule is Cc1cccc(C)c1N1C(=O)CS/C1=N/N=C\c1ccc(C(C=N)C=Nc2ccc(OC(F)(F)F)cc2)cc1. The van der Waals surface area contributed by atoms with Gasteiger partial charge in [0.05, 0.1) is 29.3 Å². The van der Waals surface area contributed by atoms with Crippen molar-refractivity contribution in [3.05, 3.63) is 89.0 Å². The van der Waals surface area contributed by atoms with Crippen LogP contribution in [0.2, 0.25) is 0 Å². The van der Waals surface area contributed by atoms with Crippen LogP contribution in [0.3, 0.4) is 0 Å². The molecule has 0 aromatic heterocycles. The van der Waals surface area contributed by atoms with Crippen LogP contribution in [0.25, 0.3) is 0 Å². The highest BCUT2D eigenvalue weighted by molar-refractivity contribution is 8.15. The lowest BCUT2D eigenvalue weighted by Crippen LogP contribution is -2.30. The summed E-state index contributed by atoms with van der Waals surface area (Å²) in [7, 11) is 0. The molecule has 0 saturated carbocycles. The Balaban J connectivity index is 1.43. The number of para-hydroxylation sites is 1. The van der Waals surface area contributed by atoms with Gasteiger partial charge in [-0.15, -0.1) is 18.3 Å². The fraction of sp³-hybridized carbons (Fsp3) is 0.179. The Labute approximate surface area is 227 Å². The predicted octanol–water partition coefficient (Wildman–Crippen LogP) is 6.81. The molecule has 7 nitrogen and oxygen atoms in total. The van der Waals surface area contributed by atoms with Gasteiger partial charge in [-0.3, -0.25) is 14.7 Å². The summed E-state index contributed by atoms with van der Waals surface area (Å²) in [4.78, 5) is 18.4. The van der Waals surface area contributed by atoms with Crippen molar-refractivity contribution in [1.29, 1.82) is 5.41 Å². The molecule has 1 heterocycles. The monoisotopic (exact) mass is 551 g/mol. The summed E-state index contributed by atoms with van der Waals surface area (Å²) in [5, 5.41) is 16.8. The quantitative estimate of drug-likeness (QED) is 0.246. The van der Waals surface area contributed by atoms with Crippen molar-refractivity contribution in [2.75, 3.05) is 10.7 Å². The molecular weight excluding hydrogens is 527 g/mol. The van der Waals surface area contributed by atoms with E-state index in [0.29, 0.717) is 16.6 Å². The van der Waals surface area contributed by atoms with Gasteiger partial charge >= 0.3 is 6.36 Å². The van der Waals surface area contributed by atoms with Gasteiger partial charge in [0.15, 0.2) is 5.17 Å². The van der Waals surface area contributed by atoms with Crippen LogP contribution >= 0.6 is 11.8 Å². The van der Waals surface area contributed by atoms with Gasteiger partial charge in [-0.1, -0.05) is 54.2 Å². The van der Waals surface area contributed by atoms with Gasteiger partial charge in [-0.2, -0.15) is 5.10 Å². The zero-order chi connectivity index (χ0) is 28.0. The van der Waals surface area contributed by atoms with E-state index in [1.165, 1.54) is 48.5 Å². The van der Waals surface area contributed by atoms with E-state index in [1.807, 2.05) is 56.3 Å². The predicted molar refractivity (Wildman–Crippen MR) is 150 cm³/mol. The van der Waals surface area contributed by atoms with Crippen molar-refractivity contribution in [1.82, 2.24) is 0 Å². The Kier molecular flexibility index (Phi) is 8.60. The van der Waals surface area contributed by atoms with Crippen LogP contribution in [0.5, 0.6) is 5.75 Å². The number of anilines is 1.